The molecular weight excluding hydrogens is 309 g/mol. The number of nitrogens with zero attached hydrogens (tertiary/aromatic N) is 1. The van der Waals surface area contributed by atoms with E-state index in [4.69, 9.17) is 0 Å². The maximum atomic E-state index is 13.0. The van der Waals surface area contributed by atoms with Crippen LogP contribution in [0.5, 0.6) is 0 Å². The minimum atomic E-state index is -0.335. The van der Waals surface area contributed by atoms with Crippen LogP contribution in [0.1, 0.15) is 30.1 Å². The smallest absolute Gasteiger partial charge is 0.124 e. The highest BCUT2D eigenvalue weighted by atomic mass is 79.9. The van der Waals surface area contributed by atoms with E-state index < -0.39 is 0 Å². The number of rotatable bonds is 4. The van der Waals surface area contributed by atoms with Crippen LogP contribution in [0, 0.1) is 11.7 Å². The summed E-state index contributed by atoms with van der Waals surface area (Å²) in [6.45, 7) is 0.665. The molecule has 1 saturated carbocycles. The molecule has 1 heterocycles. The second-order valence-corrected chi connectivity index (χ2v) is 5.99. The fourth-order valence-corrected chi connectivity index (χ4v) is 2.74. The molecule has 3 rings (SSSR count). The maximum Gasteiger partial charge on any atom is 0.124 e. The number of aromatic nitrogens is 1. The number of aliphatic hydroxyl groups excluding tert-OH is 1. The van der Waals surface area contributed by atoms with Crippen molar-refractivity contribution in [1.29, 1.82) is 0 Å². The van der Waals surface area contributed by atoms with Gasteiger partial charge in [0.15, 0.2) is 0 Å². The van der Waals surface area contributed by atoms with E-state index in [9.17, 15) is 9.50 Å². The summed E-state index contributed by atoms with van der Waals surface area (Å²) in [5.41, 5.74) is 1.99. The summed E-state index contributed by atoms with van der Waals surface area (Å²) in [6.07, 6.45) is 5.83. The van der Waals surface area contributed by atoms with Gasteiger partial charge in [-0.2, -0.15) is 0 Å². The Morgan fingerprint density at radius 1 is 1.37 bits per heavy atom. The van der Waals surface area contributed by atoms with Crippen molar-refractivity contribution >= 4 is 15.9 Å². The maximum absolute atomic E-state index is 13.0. The van der Waals surface area contributed by atoms with Gasteiger partial charge in [-0.15, -0.1) is 0 Å². The molecule has 1 unspecified atom stereocenters. The van der Waals surface area contributed by atoms with E-state index in [2.05, 4.69) is 15.9 Å². The molecular formula is C15H15BrFNO. The zero-order valence-corrected chi connectivity index (χ0v) is 12.0. The zero-order valence-electron chi connectivity index (χ0n) is 10.4. The highest BCUT2D eigenvalue weighted by Gasteiger charge is 2.31. The molecule has 4 heteroatoms. The molecule has 0 amide bonds. The Morgan fingerprint density at radius 3 is 2.84 bits per heavy atom. The second kappa shape index (κ2) is 5.10. The van der Waals surface area contributed by atoms with Crippen molar-refractivity contribution in [2.24, 2.45) is 5.92 Å². The predicted octanol–water partition coefficient (Wildman–Crippen LogP) is 3.88. The topological polar surface area (TPSA) is 25.2 Å². The highest BCUT2D eigenvalue weighted by molar-refractivity contribution is 9.10. The molecule has 1 aliphatic carbocycles. The predicted molar refractivity (Wildman–Crippen MR) is 75.3 cm³/mol. The standard InChI is InChI=1S/C15H15BrFNO/c16-14-7-13(17)4-3-11(14)8-18-6-5-12(9-18)15(19)10-1-2-10/h3-7,9-10,15,19H,1-2,8H2. The van der Waals surface area contributed by atoms with Gasteiger partial charge in [0.05, 0.1) is 6.10 Å². The van der Waals surface area contributed by atoms with Crippen LogP contribution in [0.3, 0.4) is 0 Å². The highest BCUT2D eigenvalue weighted by Crippen LogP contribution is 2.40. The number of halogens is 2. The summed E-state index contributed by atoms with van der Waals surface area (Å²) in [5.74, 6) is 0.196. The summed E-state index contributed by atoms with van der Waals surface area (Å²) >= 11 is 3.37. The van der Waals surface area contributed by atoms with E-state index in [0.717, 1.165) is 28.4 Å². The molecule has 2 aromatic rings. The number of hydrogen-bond donors (Lipinski definition) is 1. The third kappa shape index (κ3) is 2.90. The molecule has 1 N–H and O–H groups in total. The van der Waals surface area contributed by atoms with Gasteiger partial charge in [-0.05, 0) is 48.1 Å². The SMILES string of the molecule is OC(c1ccn(Cc2ccc(F)cc2Br)c1)C1CC1. The van der Waals surface area contributed by atoms with Crippen molar-refractivity contribution in [2.45, 2.75) is 25.5 Å². The van der Waals surface area contributed by atoms with Crippen LogP contribution in [0.25, 0.3) is 0 Å². The molecule has 1 aliphatic rings. The van der Waals surface area contributed by atoms with Crippen LogP contribution in [0.4, 0.5) is 4.39 Å². The fourth-order valence-electron chi connectivity index (χ4n) is 2.26. The molecule has 100 valence electrons. The van der Waals surface area contributed by atoms with Crippen LogP contribution in [-0.4, -0.2) is 9.67 Å². The first-order chi connectivity index (χ1) is 9.13. The van der Waals surface area contributed by atoms with Crippen LogP contribution in [0.2, 0.25) is 0 Å². The zero-order chi connectivity index (χ0) is 13.4. The first-order valence-electron chi connectivity index (χ1n) is 6.41. The molecule has 1 aromatic heterocycles. The normalized spacial score (nSPS) is 16.6. The van der Waals surface area contributed by atoms with Gasteiger partial charge in [-0.25, -0.2) is 4.39 Å². The Labute approximate surface area is 120 Å². The van der Waals surface area contributed by atoms with Crippen molar-refractivity contribution < 1.29 is 9.50 Å². The van der Waals surface area contributed by atoms with Gasteiger partial charge >= 0.3 is 0 Å². The van der Waals surface area contributed by atoms with Crippen molar-refractivity contribution in [3.05, 3.63) is 58.1 Å². The van der Waals surface area contributed by atoms with E-state index in [1.54, 1.807) is 6.07 Å². The minimum absolute atomic E-state index is 0.243. The molecule has 0 saturated heterocycles. The van der Waals surface area contributed by atoms with Gasteiger partial charge in [0.25, 0.3) is 0 Å². The first-order valence-corrected chi connectivity index (χ1v) is 7.20. The number of aliphatic hydroxyl groups is 1. The molecule has 0 radical (unpaired) electrons. The summed E-state index contributed by atoms with van der Waals surface area (Å²) < 4.78 is 15.8. The average Bonchev–Trinajstić information content (AvgIpc) is 3.12. The van der Waals surface area contributed by atoms with Crippen LogP contribution in [-0.2, 0) is 6.54 Å². The monoisotopic (exact) mass is 323 g/mol. The van der Waals surface area contributed by atoms with Gasteiger partial charge in [0.1, 0.15) is 5.82 Å². The van der Waals surface area contributed by atoms with E-state index in [1.165, 1.54) is 12.1 Å². The van der Waals surface area contributed by atoms with Crippen molar-refractivity contribution in [3.63, 3.8) is 0 Å². The Balaban J connectivity index is 1.76. The quantitative estimate of drug-likeness (QED) is 0.907. The Hall–Kier alpha value is -1.13. The van der Waals surface area contributed by atoms with Gasteiger partial charge in [-0.3, -0.25) is 0 Å². The molecule has 1 aromatic carbocycles. The average molecular weight is 324 g/mol. The summed E-state index contributed by atoms with van der Waals surface area (Å²) in [6, 6.07) is 6.67. The largest absolute Gasteiger partial charge is 0.388 e. The van der Waals surface area contributed by atoms with E-state index in [-0.39, 0.29) is 11.9 Å². The third-order valence-electron chi connectivity index (χ3n) is 3.55. The molecule has 2 nitrogen and oxygen atoms in total. The lowest BCUT2D eigenvalue weighted by Crippen LogP contribution is -2.00. The van der Waals surface area contributed by atoms with Gasteiger partial charge in [-0.1, -0.05) is 22.0 Å². The molecule has 19 heavy (non-hydrogen) atoms. The Kier molecular flexibility index (Phi) is 3.46. The Morgan fingerprint density at radius 2 is 2.16 bits per heavy atom. The Bertz CT molecular complexity index is 592. The lowest BCUT2D eigenvalue weighted by Gasteiger charge is -2.08. The summed E-state index contributed by atoms with van der Waals surface area (Å²) in [4.78, 5) is 0. The third-order valence-corrected chi connectivity index (χ3v) is 4.29. The molecule has 1 atom stereocenters. The molecule has 0 aliphatic heterocycles. The van der Waals surface area contributed by atoms with Gasteiger partial charge in [0, 0.05) is 23.4 Å². The lowest BCUT2D eigenvalue weighted by atomic mass is 10.1. The van der Waals surface area contributed by atoms with Crippen molar-refractivity contribution in [1.82, 2.24) is 4.57 Å². The van der Waals surface area contributed by atoms with Gasteiger partial charge in [0.2, 0.25) is 0 Å². The number of hydrogen-bond acceptors (Lipinski definition) is 1. The summed E-state index contributed by atoms with van der Waals surface area (Å²) in [5, 5.41) is 10.1. The van der Waals surface area contributed by atoms with Crippen LogP contribution >= 0.6 is 15.9 Å². The molecule has 0 spiro atoms. The molecule has 1 fully saturated rings. The van der Waals surface area contributed by atoms with E-state index >= 15 is 0 Å². The van der Waals surface area contributed by atoms with Crippen molar-refractivity contribution in [2.75, 3.05) is 0 Å². The second-order valence-electron chi connectivity index (χ2n) is 5.14. The van der Waals surface area contributed by atoms with Crippen molar-refractivity contribution in [3.8, 4) is 0 Å². The first kappa shape index (κ1) is 12.9. The van der Waals surface area contributed by atoms with Crippen LogP contribution < -0.4 is 0 Å². The fraction of sp³-hybridized carbons (Fsp3) is 0.333. The number of benzene rings is 1. The molecule has 0 bridgehead atoms. The van der Waals surface area contributed by atoms with Gasteiger partial charge < -0.3 is 9.67 Å². The lowest BCUT2D eigenvalue weighted by molar-refractivity contribution is 0.154. The van der Waals surface area contributed by atoms with Crippen LogP contribution in [0.15, 0.2) is 41.1 Å². The van der Waals surface area contributed by atoms with E-state index in [0.29, 0.717) is 12.5 Å². The summed E-state index contributed by atoms with van der Waals surface area (Å²) in [7, 11) is 0. The minimum Gasteiger partial charge on any atom is -0.388 e. The van der Waals surface area contributed by atoms with E-state index in [1.807, 2.05) is 23.0 Å².